The number of halogens is 1. The van der Waals surface area contributed by atoms with Gasteiger partial charge in [-0.1, -0.05) is 29.3 Å². The Morgan fingerprint density at radius 2 is 1.65 bits per heavy atom. The van der Waals surface area contributed by atoms with Crippen molar-refractivity contribution in [1.29, 1.82) is 0 Å². The zero-order valence-corrected chi connectivity index (χ0v) is 22.8. The molecule has 0 bridgehead atoms. The number of nitrogens with one attached hydrogen (secondary N) is 1. The number of sulfonamides is 1. The van der Waals surface area contributed by atoms with Crippen molar-refractivity contribution in [3.05, 3.63) is 82.4 Å². The largest absolute Gasteiger partial charge is 0.490 e. The number of ether oxygens (including phenoxy) is 2. The zero-order valence-electron chi connectivity index (χ0n) is 21.2. The molecule has 0 radical (unpaired) electrons. The SMILES string of the molecule is CCOc1ccc(/C=N\NC(=O)CN(c2ccc(Cl)cc2C)S(=O)(=O)c2ccc(C)cc2)cc1OCC. The average molecular weight is 544 g/mol. The molecule has 3 aromatic rings. The van der Waals surface area contributed by atoms with Gasteiger partial charge in [0, 0.05) is 5.02 Å². The molecule has 0 saturated carbocycles. The van der Waals surface area contributed by atoms with E-state index >= 15 is 0 Å². The molecule has 0 saturated heterocycles. The van der Waals surface area contributed by atoms with Crippen molar-refractivity contribution < 1.29 is 22.7 Å². The van der Waals surface area contributed by atoms with Crippen molar-refractivity contribution in [2.45, 2.75) is 32.6 Å². The fourth-order valence-corrected chi connectivity index (χ4v) is 5.24. The molecular weight excluding hydrogens is 514 g/mol. The van der Waals surface area contributed by atoms with E-state index < -0.39 is 22.5 Å². The molecule has 0 spiro atoms. The summed E-state index contributed by atoms with van der Waals surface area (Å²) < 4.78 is 39.3. The molecular formula is C27H30ClN3O5S. The Balaban J connectivity index is 1.83. The Morgan fingerprint density at radius 3 is 2.30 bits per heavy atom. The molecule has 0 aromatic heterocycles. The van der Waals surface area contributed by atoms with Gasteiger partial charge in [0.1, 0.15) is 6.54 Å². The summed E-state index contributed by atoms with van der Waals surface area (Å²) in [5.74, 6) is 0.561. The van der Waals surface area contributed by atoms with E-state index in [1.165, 1.54) is 18.3 Å². The molecule has 0 fully saturated rings. The molecule has 37 heavy (non-hydrogen) atoms. The van der Waals surface area contributed by atoms with Crippen molar-refractivity contribution in [2.24, 2.45) is 5.10 Å². The van der Waals surface area contributed by atoms with Crippen molar-refractivity contribution >= 4 is 39.4 Å². The number of carbonyl (C=O) groups excluding carboxylic acids is 1. The predicted molar refractivity (Wildman–Crippen MR) is 146 cm³/mol. The number of hydrogen-bond donors (Lipinski definition) is 1. The van der Waals surface area contributed by atoms with E-state index in [-0.39, 0.29) is 4.90 Å². The molecule has 10 heteroatoms. The Hall–Kier alpha value is -3.56. The topological polar surface area (TPSA) is 97.3 Å². The van der Waals surface area contributed by atoms with Crippen LogP contribution in [0.2, 0.25) is 5.02 Å². The smallest absolute Gasteiger partial charge is 0.264 e. The molecule has 3 aromatic carbocycles. The summed E-state index contributed by atoms with van der Waals surface area (Å²) in [6.07, 6.45) is 1.45. The van der Waals surface area contributed by atoms with Gasteiger partial charge in [-0.15, -0.1) is 0 Å². The molecule has 1 amide bonds. The van der Waals surface area contributed by atoms with Crippen molar-refractivity contribution in [1.82, 2.24) is 5.43 Å². The Kier molecular flexibility index (Phi) is 9.54. The zero-order chi connectivity index (χ0) is 27.0. The van der Waals surface area contributed by atoms with Gasteiger partial charge in [-0.2, -0.15) is 5.10 Å². The molecule has 196 valence electrons. The highest BCUT2D eigenvalue weighted by Crippen LogP contribution is 2.29. The van der Waals surface area contributed by atoms with Crippen LogP contribution >= 0.6 is 11.6 Å². The fraction of sp³-hybridized carbons (Fsp3) is 0.259. The summed E-state index contributed by atoms with van der Waals surface area (Å²) in [6.45, 7) is 7.83. The third kappa shape index (κ3) is 7.24. The van der Waals surface area contributed by atoms with E-state index in [0.717, 1.165) is 9.87 Å². The Bertz CT molecular complexity index is 1380. The second-order valence-electron chi connectivity index (χ2n) is 8.12. The van der Waals surface area contributed by atoms with Gasteiger partial charge in [-0.25, -0.2) is 13.8 Å². The van der Waals surface area contributed by atoms with Crippen LogP contribution in [0.25, 0.3) is 0 Å². The van der Waals surface area contributed by atoms with Crippen LogP contribution in [-0.2, 0) is 14.8 Å². The lowest BCUT2D eigenvalue weighted by molar-refractivity contribution is -0.119. The number of hydrogen-bond acceptors (Lipinski definition) is 6. The minimum Gasteiger partial charge on any atom is -0.490 e. The number of amides is 1. The highest BCUT2D eigenvalue weighted by molar-refractivity contribution is 7.92. The van der Waals surface area contributed by atoms with E-state index in [1.54, 1.807) is 55.5 Å². The van der Waals surface area contributed by atoms with Gasteiger partial charge < -0.3 is 9.47 Å². The fourth-order valence-electron chi connectivity index (χ4n) is 3.53. The second kappa shape index (κ2) is 12.6. The highest BCUT2D eigenvalue weighted by Gasteiger charge is 2.28. The van der Waals surface area contributed by atoms with E-state index in [4.69, 9.17) is 21.1 Å². The summed E-state index contributed by atoms with van der Waals surface area (Å²) in [6, 6.07) is 16.5. The van der Waals surface area contributed by atoms with Gasteiger partial charge in [-0.3, -0.25) is 9.10 Å². The molecule has 1 N–H and O–H groups in total. The first-order chi connectivity index (χ1) is 17.6. The summed E-state index contributed by atoms with van der Waals surface area (Å²) >= 11 is 6.08. The first-order valence-electron chi connectivity index (χ1n) is 11.7. The monoisotopic (exact) mass is 543 g/mol. The minimum atomic E-state index is -4.05. The van der Waals surface area contributed by atoms with Gasteiger partial charge in [-0.05, 0) is 87.4 Å². The van der Waals surface area contributed by atoms with Crippen LogP contribution in [0.15, 0.2) is 70.7 Å². The summed E-state index contributed by atoms with van der Waals surface area (Å²) in [5, 5.41) is 4.47. The third-order valence-corrected chi connectivity index (χ3v) is 7.30. The normalized spacial score (nSPS) is 11.4. The first-order valence-corrected chi connectivity index (χ1v) is 13.5. The number of nitrogens with zero attached hydrogens (tertiary/aromatic N) is 2. The summed E-state index contributed by atoms with van der Waals surface area (Å²) in [5.41, 5.74) is 4.96. The highest BCUT2D eigenvalue weighted by atomic mass is 35.5. The maximum Gasteiger partial charge on any atom is 0.264 e. The molecule has 3 rings (SSSR count). The van der Waals surface area contributed by atoms with E-state index in [9.17, 15) is 13.2 Å². The van der Waals surface area contributed by atoms with Crippen molar-refractivity contribution in [3.63, 3.8) is 0 Å². The molecule has 0 atom stereocenters. The van der Waals surface area contributed by atoms with Crippen LogP contribution in [0.3, 0.4) is 0 Å². The first kappa shape index (κ1) is 28.0. The van der Waals surface area contributed by atoms with Crippen LogP contribution in [0.5, 0.6) is 11.5 Å². The van der Waals surface area contributed by atoms with Crippen LogP contribution in [0.1, 0.15) is 30.5 Å². The van der Waals surface area contributed by atoms with Crippen LogP contribution in [0, 0.1) is 13.8 Å². The third-order valence-electron chi connectivity index (χ3n) is 5.29. The number of hydrazone groups is 1. The maximum absolute atomic E-state index is 13.5. The van der Waals surface area contributed by atoms with Gasteiger partial charge in [0.2, 0.25) is 0 Å². The molecule has 8 nitrogen and oxygen atoms in total. The molecule has 0 aliphatic heterocycles. The molecule has 0 unspecified atom stereocenters. The second-order valence-corrected chi connectivity index (χ2v) is 10.4. The van der Waals surface area contributed by atoms with Crippen molar-refractivity contribution in [3.8, 4) is 11.5 Å². The van der Waals surface area contributed by atoms with E-state index in [2.05, 4.69) is 10.5 Å². The standard InChI is InChI=1S/C27H30ClN3O5S/c1-5-35-25-14-9-21(16-26(25)36-6-2)17-29-30-27(32)18-31(24-13-10-22(28)15-20(24)4)37(33,34)23-11-7-19(3)8-12-23/h7-17H,5-6,18H2,1-4H3,(H,30,32)/b29-17-. The summed E-state index contributed by atoms with van der Waals surface area (Å²) in [7, 11) is -4.05. The molecule has 0 aliphatic carbocycles. The maximum atomic E-state index is 13.5. The number of carbonyl (C=O) groups is 1. The van der Waals surface area contributed by atoms with Gasteiger partial charge in [0.05, 0.1) is 30.0 Å². The number of rotatable bonds is 11. The number of aryl methyl sites for hydroxylation is 2. The molecule has 0 aliphatic rings. The minimum absolute atomic E-state index is 0.0709. The number of benzene rings is 3. The average Bonchev–Trinajstić information content (AvgIpc) is 2.85. The van der Waals surface area contributed by atoms with Gasteiger partial charge in [0.15, 0.2) is 11.5 Å². The lowest BCUT2D eigenvalue weighted by Gasteiger charge is -2.25. The predicted octanol–water partition coefficient (Wildman–Crippen LogP) is 5.10. The lowest BCUT2D eigenvalue weighted by atomic mass is 10.2. The van der Waals surface area contributed by atoms with E-state index in [0.29, 0.717) is 46.5 Å². The van der Waals surface area contributed by atoms with Crippen molar-refractivity contribution in [2.75, 3.05) is 24.1 Å². The van der Waals surface area contributed by atoms with Crippen LogP contribution in [0.4, 0.5) is 5.69 Å². The van der Waals surface area contributed by atoms with Gasteiger partial charge in [0.25, 0.3) is 15.9 Å². The Labute approximate surface area is 222 Å². The molecule has 0 heterocycles. The quantitative estimate of drug-likeness (QED) is 0.268. The Morgan fingerprint density at radius 1 is 0.973 bits per heavy atom. The van der Waals surface area contributed by atoms with Gasteiger partial charge >= 0.3 is 0 Å². The summed E-state index contributed by atoms with van der Waals surface area (Å²) in [4.78, 5) is 12.9. The van der Waals surface area contributed by atoms with E-state index in [1.807, 2.05) is 20.8 Å². The van der Waals surface area contributed by atoms with Crippen LogP contribution < -0.4 is 19.2 Å². The lowest BCUT2D eigenvalue weighted by Crippen LogP contribution is -2.40. The number of anilines is 1. The van der Waals surface area contributed by atoms with Crippen LogP contribution in [-0.4, -0.2) is 40.3 Å².